The highest BCUT2D eigenvalue weighted by Gasteiger charge is 2.52. The Morgan fingerprint density at radius 3 is 2.22 bits per heavy atom. The third-order valence-electron chi connectivity index (χ3n) is 7.28. The molecule has 4 unspecified atom stereocenters. The van der Waals surface area contributed by atoms with Crippen LogP contribution in [0.1, 0.15) is 63.5 Å². The Kier molecular flexibility index (Phi) is 9.60. The van der Waals surface area contributed by atoms with E-state index in [1.807, 2.05) is 73.8 Å². The van der Waals surface area contributed by atoms with Crippen molar-refractivity contribution < 1.29 is 14.3 Å². The predicted molar refractivity (Wildman–Crippen MR) is 141 cm³/mol. The molecule has 0 spiro atoms. The van der Waals surface area contributed by atoms with Gasteiger partial charge in [0.1, 0.15) is 11.9 Å². The SMILES string of the molecule is CC(CCCCC(=O)C/C=C/CC(C)(c1ccccc1)C1OC1NC#N)(C(=O)NC#N)c1ccccc1. The minimum Gasteiger partial charge on any atom is -0.346 e. The van der Waals surface area contributed by atoms with Crippen LogP contribution in [0.2, 0.25) is 0 Å². The highest BCUT2D eigenvalue weighted by atomic mass is 16.6. The minimum atomic E-state index is -0.828. The molecule has 1 aliphatic rings. The number of ether oxygens (including phenoxy) is 1. The second-order valence-corrected chi connectivity index (χ2v) is 9.91. The van der Waals surface area contributed by atoms with E-state index >= 15 is 0 Å². The second-order valence-electron chi connectivity index (χ2n) is 9.91. The van der Waals surface area contributed by atoms with Crippen LogP contribution in [0.25, 0.3) is 0 Å². The molecule has 1 fully saturated rings. The molecule has 0 aromatic heterocycles. The summed E-state index contributed by atoms with van der Waals surface area (Å²) in [4.78, 5) is 25.1. The molecule has 7 heteroatoms. The van der Waals surface area contributed by atoms with Gasteiger partial charge in [0.25, 0.3) is 0 Å². The Labute approximate surface area is 219 Å². The van der Waals surface area contributed by atoms with Gasteiger partial charge in [0, 0.05) is 18.3 Å². The molecule has 0 bridgehead atoms. The number of Topliss-reactive ketones (excluding diaryl/α,β-unsaturated/α-hetero) is 1. The van der Waals surface area contributed by atoms with Crippen LogP contribution < -0.4 is 10.6 Å². The number of nitrogens with one attached hydrogen (secondary N) is 2. The van der Waals surface area contributed by atoms with Gasteiger partial charge in [-0.3, -0.25) is 20.2 Å². The van der Waals surface area contributed by atoms with Crippen molar-refractivity contribution in [1.82, 2.24) is 10.6 Å². The average molecular weight is 499 g/mol. The van der Waals surface area contributed by atoms with E-state index in [1.165, 1.54) is 0 Å². The lowest BCUT2D eigenvalue weighted by Gasteiger charge is -2.27. The first kappa shape index (κ1) is 27.6. The first-order valence-electron chi connectivity index (χ1n) is 12.6. The van der Waals surface area contributed by atoms with Crippen LogP contribution in [0, 0.1) is 22.9 Å². The molecule has 2 aromatic rings. The van der Waals surface area contributed by atoms with Crippen LogP contribution in [-0.4, -0.2) is 24.0 Å². The first-order chi connectivity index (χ1) is 17.8. The van der Waals surface area contributed by atoms with Gasteiger partial charge in [0.15, 0.2) is 18.6 Å². The molecule has 1 aliphatic heterocycles. The van der Waals surface area contributed by atoms with Gasteiger partial charge in [-0.2, -0.15) is 10.5 Å². The van der Waals surface area contributed by atoms with Gasteiger partial charge >= 0.3 is 0 Å². The normalized spacial score (nSPS) is 19.6. The summed E-state index contributed by atoms with van der Waals surface area (Å²) in [6, 6.07) is 19.5. The molecule has 4 atom stereocenters. The van der Waals surface area contributed by atoms with E-state index in [2.05, 4.69) is 29.7 Å². The zero-order valence-electron chi connectivity index (χ0n) is 21.4. The fourth-order valence-electron chi connectivity index (χ4n) is 4.82. The molecule has 7 nitrogen and oxygen atoms in total. The molecule has 0 saturated carbocycles. The number of ketones is 1. The fraction of sp³-hybridized carbons (Fsp3) is 0.400. The first-order valence-corrected chi connectivity index (χ1v) is 12.6. The fourth-order valence-corrected chi connectivity index (χ4v) is 4.82. The standard InChI is InChI=1S/C30H34N4O3/c1-29(23-13-5-3-6-14-23,26-27(37-26)33-21-31)19-11-9-17-25(35)18-10-12-20-30(2,28(36)34-22-32)24-15-7-4-8-16-24/h3-9,11,13-16,26-27,33H,10,12,17-20H2,1-2H3,(H,34,36)/b11-9+. The van der Waals surface area contributed by atoms with Crippen molar-refractivity contribution in [2.75, 3.05) is 0 Å². The van der Waals surface area contributed by atoms with Crippen LogP contribution in [-0.2, 0) is 25.2 Å². The number of rotatable bonds is 14. The lowest BCUT2D eigenvalue weighted by atomic mass is 9.76. The summed E-state index contributed by atoms with van der Waals surface area (Å²) in [6.07, 6.45) is 10.6. The van der Waals surface area contributed by atoms with Crippen molar-refractivity contribution in [2.24, 2.45) is 0 Å². The Morgan fingerprint density at radius 1 is 0.946 bits per heavy atom. The van der Waals surface area contributed by atoms with Gasteiger partial charge in [-0.1, -0.05) is 86.2 Å². The van der Waals surface area contributed by atoms with E-state index in [9.17, 15) is 9.59 Å². The van der Waals surface area contributed by atoms with Crippen molar-refractivity contribution in [1.29, 1.82) is 10.5 Å². The topological polar surface area (TPSA) is 118 Å². The molecule has 1 amide bonds. The van der Waals surface area contributed by atoms with Gasteiger partial charge < -0.3 is 4.74 Å². The van der Waals surface area contributed by atoms with Crippen molar-refractivity contribution in [3.05, 3.63) is 83.9 Å². The smallest absolute Gasteiger partial charge is 0.243 e. The minimum absolute atomic E-state index is 0.118. The van der Waals surface area contributed by atoms with E-state index in [4.69, 9.17) is 15.3 Å². The van der Waals surface area contributed by atoms with Crippen LogP contribution in [0.5, 0.6) is 0 Å². The van der Waals surface area contributed by atoms with Crippen LogP contribution in [0.4, 0.5) is 0 Å². The van der Waals surface area contributed by atoms with E-state index in [1.54, 1.807) is 6.19 Å². The molecular formula is C30H34N4O3. The molecule has 2 N–H and O–H groups in total. The van der Waals surface area contributed by atoms with Gasteiger partial charge in [0.05, 0.1) is 5.41 Å². The van der Waals surface area contributed by atoms with Crippen molar-refractivity contribution in [3.8, 4) is 12.4 Å². The summed E-state index contributed by atoms with van der Waals surface area (Å²) in [6.45, 7) is 3.95. The summed E-state index contributed by atoms with van der Waals surface area (Å²) in [7, 11) is 0. The highest BCUT2D eigenvalue weighted by Crippen LogP contribution is 2.43. The summed E-state index contributed by atoms with van der Waals surface area (Å²) in [5.41, 5.74) is 0.831. The second kappa shape index (κ2) is 12.9. The predicted octanol–water partition coefficient (Wildman–Crippen LogP) is 4.76. The Balaban J connectivity index is 1.49. The van der Waals surface area contributed by atoms with Crippen molar-refractivity contribution in [2.45, 2.75) is 75.5 Å². The number of nitrogens with zero attached hydrogens (tertiary/aromatic N) is 2. The number of carbonyl (C=O) groups is 2. The summed E-state index contributed by atoms with van der Waals surface area (Å²) >= 11 is 0. The third kappa shape index (κ3) is 7.06. The third-order valence-corrected chi connectivity index (χ3v) is 7.28. The van der Waals surface area contributed by atoms with Crippen LogP contribution in [0.3, 0.4) is 0 Å². The van der Waals surface area contributed by atoms with Gasteiger partial charge in [-0.25, -0.2) is 0 Å². The summed E-state index contributed by atoms with van der Waals surface area (Å²) < 4.78 is 5.73. The number of epoxide rings is 1. The quantitative estimate of drug-likeness (QED) is 0.127. The number of allylic oxidation sites excluding steroid dienone is 2. The lowest BCUT2D eigenvalue weighted by Crippen LogP contribution is -2.40. The number of hydrogen-bond donors (Lipinski definition) is 2. The number of carbonyl (C=O) groups excluding carboxylic acids is 2. The molecule has 0 radical (unpaired) electrons. The molecule has 192 valence electrons. The highest BCUT2D eigenvalue weighted by molar-refractivity contribution is 5.88. The molecule has 1 saturated heterocycles. The van der Waals surface area contributed by atoms with Gasteiger partial charge in [-0.15, -0.1) is 0 Å². The van der Waals surface area contributed by atoms with Crippen LogP contribution >= 0.6 is 0 Å². The summed E-state index contributed by atoms with van der Waals surface area (Å²) in [5, 5.41) is 22.8. The maximum atomic E-state index is 12.6. The monoisotopic (exact) mass is 498 g/mol. The maximum absolute atomic E-state index is 12.6. The molecule has 37 heavy (non-hydrogen) atoms. The zero-order valence-corrected chi connectivity index (χ0v) is 21.4. The van der Waals surface area contributed by atoms with E-state index in [-0.39, 0.29) is 29.4 Å². The number of benzene rings is 2. The average Bonchev–Trinajstić information content (AvgIpc) is 3.70. The zero-order chi connectivity index (χ0) is 26.7. The Hall–Kier alpha value is -3.94. The number of amides is 1. The van der Waals surface area contributed by atoms with Crippen molar-refractivity contribution in [3.63, 3.8) is 0 Å². The van der Waals surface area contributed by atoms with Crippen LogP contribution in [0.15, 0.2) is 72.8 Å². The largest absolute Gasteiger partial charge is 0.346 e. The van der Waals surface area contributed by atoms with E-state index < -0.39 is 5.41 Å². The Morgan fingerprint density at radius 2 is 1.59 bits per heavy atom. The van der Waals surface area contributed by atoms with E-state index in [0.717, 1.165) is 11.1 Å². The number of nitriles is 2. The maximum Gasteiger partial charge on any atom is 0.243 e. The van der Waals surface area contributed by atoms with E-state index in [0.29, 0.717) is 38.5 Å². The number of unbranched alkanes of at least 4 members (excludes halogenated alkanes) is 1. The summed E-state index contributed by atoms with van der Waals surface area (Å²) in [5.74, 6) is -0.184. The van der Waals surface area contributed by atoms with Crippen molar-refractivity contribution >= 4 is 11.7 Å². The molecule has 2 aromatic carbocycles. The molecular weight excluding hydrogens is 464 g/mol. The van der Waals surface area contributed by atoms with Gasteiger partial charge in [0.2, 0.25) is 5.91 Å². The Bertz CT molecular complexity index is 1170. The molecule has 3 rings (SSSR count). The van der Waals surface area contributed by atoms with Gasteiger partial charge in [-0.05, 0) is 37.3 Å². The molecule has 1 heterocycles. The molecule has 0 aliphatic carbocycles. The number of hydrogen-bond acceptors (Lipinski definition) is 6. The lowest BCUT2D eigenvalue weighted by molar-refractivity contribution is -0.125.